The van der Waals surface area contributed by atoms with Gasteiger partial charge in [-0.2, -0.15) is 0 Å². The van der Waals surface area contributed by atoms with Crippen LogP contribution >= 0.6 is 15.9 Å². The molecule has 2 N–H and O–H groups in total. The van der Waals surface area contributed by atoms with Crippen LogP contribution in [0, 0.1) is 6.92 Å². The van der Waals surface area contributed by atoms with Gasteiger partial charge in [0.1, 0.15) is 0 Å². The first-order valence-electron chi connectivity index (χ1n) is 7.67. The Morgan fingerprint density at radius 2 is 1.83 bits per heavy atom. The highest BCUT2D eigenvalue weighted by Gasteiger charge is 2.17. The fraction of sp³-hybridized carbons (Fsp3) is 0.316. The number of hydrogen-bond donors (Lipinski definition) is 2. The number of amides is 1. The van der Waals surface area contributed by atoms with E-state index in [1.807, 2.05) is 43.3 Å². The van der Waals surface area contributed by atoms with Crippen molar-refractivity contribution in [3.05, 3.63) is 58.1 Å². The van der Waals surface area contributed by atoms with Crippen molar-refractivity contribution >= 4 is 33.2 Å². The second-order valence-corrected chi connectivity index (χ2v) is 7.52. The average molecular weight is 375 g/mol. The van der Waals surface area contributed by atoms with Gasteiger partial charge < -0.3 is 10.6 Å². The molecular formula is C19H23BrN2O. The third kappa shape index (κ3) is 4.83. The van der Waals surface area contributed by atoms with Crippen molar-refractivity contribution < 1.29 is 4.79 Å². The van der Waals surface area contributed by atoms with E-state index in [4.69, 9.17) is 0 Å². The molecule has 0 fully saturated rings. The molecule has 3 nitrogen and oxygen atoms in total. The summed E-state index contributed by atoms with van der Waals surface area (Å²) < 4.78 is 1.03. The molecule has 1 amide bonds. The van der Waals surface area contributed by atoms with Crippen LogP contribution in [0.5, 0.6) is 0 Å². The number of carbonyl (C=O) groups is 1. The zero-order chi connectivity index (χ0) is 17.0. The molecule has 0 unspecified atom stereocenters. The molecular weight excluding hydrogens is 352 g/mol. The Labute approximate surface area is 146 Å². The fourth-order valence-corrected chi connectivity index (χ4v) is 2.64. The second kappa shape index (κ2) is 7.18. The molecule has 2 aromatic rings. The Kier molecular flexibility index (Phi) is 5.47. The van der Waals surface area contributed by atoms with Gasteiger partial charge >= 0.3 is 0 Å². The number of halogens is 1. The van der Waals surface area contributed by atoms with Crippen LogP contribution in [0.2, 0.25) is 0 Å². The van der Waals surface area contributed by atoms with E-state index in [0.717, 1.165) is 21.4 Å². The van der Waals surface area contributed by atoms with Gasteiger partial charge in [0.05, 0.1) is 6.54 Å². The number of para-hydroxylation sites is 1. The predicted molar refractivity (Wildman–Crippen MR) is 101 cm³/mol. The molecule has 0 aliphatic rings. The van der Waals surface area contributed by atoms with E-state index < -0.39 is 0 Å². The van der Waals surface area contributed by atoms with E-state index in [1.54, 1.807) is 0 Å². The quantitative estimate of drug-likeness (QED) is 0.780. The van der Waals surface area contributed by atoms with E-state index in [2.05, 4.69) is 53.4 Å². The van der Waals surface area contributed by atoms with Crippen LogP contribution in [0.1, 0.15) is 31.9 Å². The van der Waals surface area contributed by atoms with Crippen LogP contribution in [-0.2, 0) is 10.2 Å². The van der Waals surface area contributed by atoms with Gasteiger partial charge in [0.15, 0.2) is 0 Å². The lowest BCUT2D eigenvalue weighted by Crippen LogP contribution is -2.23. The van der Waals surface area contributed by atoms with Gasteiger partial charge in [-0.3, -0.25) is 4.79 Å². The summed E-state index contributed by atoms with van der Waals surface area (Å²) >= 11 is 3.46. The molecule has 0 spiro atoms. The summed E-state index contributed by atoms with van der Waals surface area (Å²) in [5.41, 5.74) is 4.13. The van der Waals surface area contributed by atoms with Crippen LogP contribution in [0.3, 0.4) is 0 Å². The van der Waals surface area contributed by atoms with Crippen LogP contribution in [0.25, 0.3) is 0 Å². The highest BCUT2D eigenvalue weighted by Crippen LogP contribution is 2.29. The first kappa shape index (κ1) is 17.5. The molecule has 23 heavy (non-hydrogen) atoms. The number of rotatable bonds is 4. The Hall–Kier alpha value is -1.81. The molecule has 0 saturated carbocycles. The molecule has 122 valence electrons. The first-order valence-corrected chi connectivity index (χ1v) is 8.46. The number of aryl methyl sites for hydroxylation is 1. The number of carbonyl (C=O) groups excluding carboxylic acids is 1. The molecule has 0 bridgehead atoms. The van der Waals surface area contributed by atoms with Gasteiger partial charge in [-0.25, -0.2) is 0 Å². The van der Waals surface area contributed by atoms with Crippen molar-refractivity contribution in [2.24, 2.45) is 0 Å². The maximum absolute atomic E-state index is 12.2. The summed E-state index contributed by atoms with van der Waals surface area (Å²) in [5, 5.41) is 6.16. The minimum absolute atomic E-state index is 0.0306. The SMILES string of the molecule is Cc1cc(NC(=O)CNc2ccccc2C(C)(C)C)ccc1Br. The minimum Gasteiger partial charge on any atom is -0.376 e. The zero-order valence-electron chi connectivity index (χ0n) is 14.0. The van der Waals surface area contributed by atoms with Crippen molar-refractivity contribution in [2.45, 2.75) is 33.1 Å². The third-order valence-electron chi connectivity index (χ3n) is 3.62. The van der Waals surface area contributed by atoms with E-state index >= 15 is 0 Å². The standard InChI is InChI=1S/C19H23BrN2O/c1-13-11-14(9-10-16(13)20)22-18(23)12-21-17-8-6-5-7-15(17)19(2,3)4/h5-11,21H,12H2,1-4H3,(H,22,23). The predicted octanol–water partition coefficient (Wildman–Crippen LogP) is 5.11. The Morgan fingerprint density at radius 1 is 1.13 bits per heavy atom. The Balaban J connectivity index is 2.01. The highest BCUT2D eigenvalue weighted by atomic mass is 79.9. The molecule has 0 heterocycles. The summed E-state index contributed by atoms with van der Waals surface area (Å²) in [6, 6.07) is 13.9. The van der Waals surface area contributed by atoms with Crippen LogP contribution in [-0.4, -0.2) is 12.5 Å². The lowest BCUT2D eigenvalue weighted by Gasteiger charge is -2.23. The van der Waals surface area contributed by atoms with Crippen LogP contribution < -0.4 is 10.6 Å². The Morgan fingerprint density at radius 3 is 2.48 bits per heavy atom. The van der Waals surface area contributed by atoms with E-state index in [9.17, 15) is 4.79 Å². The third-order valence-corrected chi connectivity index (χ3v) is 4.51. The Bertz CT molecular complexity index is 705. The minimum atomic E-state index is -0.0598. The maximum Gasteiger partial charge on any atom is 0.243 e. The van der Waals surface area contributed by atoms with Crippen molar-refractivity contribution in [1.82, 2.24) is 0 Å². The molecule has 0 saturated heterocycles. The normalized spacial score (nSPS) is 11.2. The number of anilines is 2. The molecule has 2 aromatic carbocycles. The molecule has 0 atom stereocenters. The number of benzene rings is 2. The summed E-state index contributed by atoms with van der Waals surface area (Å²) in [7, 11) is 0. The fourth-order valence-electron chi connectivity index (χ4n) is 2.39. The van der Waals surface area contributed by atoms with Gasteiger partial charge in [-0.15, -0.1) is 0 Å². The van der Waals surface area contributed by atoms with E-state index in [-0.39, 0.29) is 17.9 Å². The van der Waals surface area contributed by atoms with Gasteiger partial charge in [0.2, 0.25) is 5.91 Å². The van der Waals surface area contributed by atoms with Gasteiger partial charge in [-0.1, -0.05) is 54.9 Å². The largest absolute Gasteiger partial charge is 0.376 e. The molecule has 0 aromatic heterocycles. The monoisotopic (exact) mass is 374 g/mol. The smallest absolute Gasteiger partial charge is 0.243 e. The van der Waals surface area contributed by atoms with E-state index in [0.29, 0.717) is 0 Å². The zero-order valence-corrected chi connectivity index (χ0v) is 15.6. The number of hydrogen-bond acceptors (Lipinski definition) is 2. The van der Waals surface area contributed by atoms with Crippen LogP contribution in [0.15, 0.2) is 46.9 Å². The highest BCUT2D eigenvalue weighted by molar-refractivity contribution is 9.10. The number of nitrogens with one attached hydrogen (secondary N) is 2. The summed E-state index contributed by atoms with van der Waals surface area (Å²) in [4.78, 5) is 12.2. The van der Waals surface area contributed by atoms with Gasteiger partial charge in [0.25, 0.3) is 0 Å². The molecule has 0 aliphatic carbocycles. The molecule has 4 heteroatoms. The molecule has 0 aliphatic heterocycles. The van der Waals surface area contributed by atoms with Gasteiger partial charge in [-0.05, 0) is 47.7 Å². The van der Waals surface area contributed by atoms with E-state index in [1.165, 1.54) is 5.56 Å². The maximum atomic E-state index is 12.2. The van der Waals surface area contributed by atoms with Crippen LogP contribution in [0.4, 0.5) is 11.4 Å². The molecule has 0 radical (unpaired) electrons. The second-order valence-electron chi connectivity index (χ2n) is 6.66. The lowest BCUT2D eigenvalue weighted by molar-refractivity contribution is -0.114. The van der Waals surface area contributed by atoms with Crippen molar-refractivity contribution in [2.75, 3.05) is 17.2 Å². The first-order chi connectivity index (χ1) is 10.8. The van der Waals surface area contributed by atoms with Crippen molar-refractivity contribution in [3.8, 4) is 0 Å². The van der Waals surface area contributed by atoms with Crippen molar-refractivity contribution in [3.63, 3.8) is 0 Å². The van der Waals surface area contributed by atoms with Crippen molar-refractivity contribution in [1.29, 1.82) is 0 Å². The summed E-state index contributed by atoms with van der Waals surface area (Å²) in [6.45, 7) is 8.73. The lowest BCUT2D eigenvalue weighted by atomic mass is 9.86. The topological polar surface area (TPSA) is 41.1 Å². The molecule has 2 rings (SSSR count). The summed E-state index contributed by atoms with van der Waals surface area (Å²) in [5.74, 6) is -0.0598. The van der Waals surface area contributed by atoms with Gasteiger partial charge in [0, 0.05) is 15.8 Å². The average Bonchev–Trinajstić information content (AvgIpc) is 2.48. The summed E-state index contributed by atoms with van der Waals surface area (Å²) in [6.07, 6.45) is 0.